The predicted molar refractivity (Wildman–Crippen MR) is 256 cm³/mol. The quantitative estimate of drug-likeness (QED) is 0.00817. The van der Waals surface area contributed by atoms with Gasteiger partial charge in [-0.3, -0.25) is 4.79 Å². The van der Waals surface area contributed by atoms with Crippen molar-refractivity contribution in [2.24, 2.45) is 0 Å². The van der Waals surface area contributed by atoms with Gasteiger partial charge in [0.15, 0.2) is 0 Å². The lowest BCUT2D eigenvalue weighted by Crippen LogP contribution is -2.34. The van der Waals surface area contributed by atoms with Crippen molar-refractivity contribution >= 4 is 17.6 Å². The Morgan fingerprint density at radius 3 is 0.918 bits per heavy atom. The second-order valence-electron chi connectivity index (χ2n) is 15.2. The summed E-state index contributed by atoms with van der Waals surface area (Å²) in [6, 6.07) is 28.1. The summed E-state index contributed by atoms with van der Waals surface area (Å²) in [5, 5.41) is 0.658. The van der Waals surface area contributed by atoms with Crippen molar-refractivity contribution in [3.63, 3.8) is 0 Å². The molecule has 0 N–H and O–H groups in total. The second-order valence-corrected chi connectivity index (χ2v) is 15.7. The molecule has 0 aliphatic heterocycles. The molecule has 0 aliphatic carbocycles. The van der Waals surface area contributed by atoms with E-state index < -0.39 is 52.8 Å². The number of hydrogen-bond acceptors (Lipinski definition) is 15. The molecule has 0 spiro atoms. The molecule has 0 aliphatic rings. The van der Waals surface area contributed by atoms with Crippen LogP contribution in [0.5, 0.6) is 5.75 Å². The number of esters is 1. The van der Waals surface area contributed by atoms with E-state index in [1.807, 2.05) is 60.7 Å². The number of carbonyl (C=O) groups is 1. The van der Waals surface area contributed by atoms with E-state index >= 15 is 0 Å². The Morgan fingerprint density at radius 1 is 0.342 bits per heavy atom. The maximum atomic E-state index is 13.6. The van der Waals surface area contributed by atoms with Crippen LogP contribution in [-0.4, -0.2) is 171 Å². The van der Waals surface area contributed by atoms with Gasteiger partial charge in [-0.25, -0.2) is 13.2 Å². The summed E-state index contributed by atoms with van der Waals surface area (Å²) in [7, 11) is 0. The maximum absolute atomic E-state index is 13.6. The smallest absolute Gasteiger partial charge is 0.313 e. The minimum absolute atomic E-state index is 0.0724. The third-order valence-corrected chi connectivity index (χ3v) is 10.3. The van der Waals surface area contributed by atoms with Crippen LogP contribution in [0, 0.1) is 29.1 Å². The van der Waals surface area contributed by atoms with Gasteiger partial charge in [-0.05, 0) is 28.8 Å². The van der Waals surface area contributed by atoms with Crippen LogP contribution in [0.3, 0.4) is 0 Å². The van der Waals surface area contributed by atoms with Crippen molar-refractivity contribution in [2.45, 2.75) is 12.0 Å². The molecule has 0 saturated carbocycles. The van der Waals surface area contributed by atoms with Crippen molar-refractivity contribution in [2.75, 3.05) is 165 Å². The normalized spacial score (nSPS) is 11.7. The first-order valence-electron chi connectivity index (χ1n) is 23.9. The summed E-state index contributed by atoms with van der Waals surface area (Å²) in [4.78, 5) is 11.7. The lowest BCUT2D eigenvalue weighted by atomic mass is 9.80. The number of carbonyl (C=O) groups excluding carboxylic acids is 1. The molecule has 4 aromatic carbocycles. The number of hydrogen-bond donors (Lipinski definition) is 0. The topological polar surface area (TPSA) is 146 Å². The van der Waals surface area contributed by atoms with Gasteiger partial charge in [0.2, 0.25) is 34.8 Å². The number of halogens is 6. The van der Waals surface area contributed by atoms with Gasteiger partial charge >= 0.3 is 5.97 Å². The fourth-order valence-corrected chi connectivity index (χ4v) is 6.68. The van der Waals surface area contributed by atoms with E-state index in [1.54, 1.807) is 0 Å². The molecule has 4 aromatic rings. The SMILES string of the molecule is O=C(CCOCCOCCOCCOCCOCCOCCOCCOCCOCCOCCOCCOCCOC(c1ccccc1)(c1ccccc1)c1ccc(Cl)cc1)Oc1c(F)c(F)c(F)c(F)c1F. The highest BCUT2D eigenvalue weighted by atomic mass is 35.5. The summed E-state index contributed by atoms with van der Waals surface area (Å²) in [5.41, 5.74) is 2.15. The number of rotatable bonds is 44. The molecular formula is C52H66ClF5O15. The average molecular weight is 1060 g/mol. The van der Waals surface area contributed by atoms with Crippen LogP contribution < -0.4 is 4.74 Å². The zero-order valence-corrected chi connectivity index (χ0v) is 41.6. The van der Waals surface area contributed by atoms with E-state index in [9.17, 15) is 26.7 Å². The van der Waals surface area contributed by atoms with Crippen molar-refractivity contribution < 1.29 is 93.1 Å². The second kappa shape index (κ2) is 38.3. The maximum Gasteiger partial charge on any atom is 0.313 e. The Hall–Kier alpha value is -4.23. The molecule has 0 unspecified atom stereocenters. The Balaban J connectivity index is 0.818. The molecule has 0 saturated heterocycles. The first-order valence-corrected chi connectivity index (χ1v) is 24.3. The fourth-order valence-electron chi connectivity index (χ4n) is 6.55. The summed E-state index contributed by atoms with van der Waals surface area (Å²) in [5.74, 6) is -14.2. The molecule has 73 heavy (non-hydrogen) atoms. The molecule has 0 radical (unpaired) electrons. The molecule has 4 rings (SSSR count). The van der Waals surface area contributed by atoms with Gasteiger partial charge in [0.1, 0.15) is 5.60 Å². The van der Waals surface area contributed by atoms with Crippen molar-refractivity contribution in [3.8, 4) is 5.75 Å². The minimum atomic E-state index is -2.35. The molecule has 406 valence electrons. The lowest BCUT2D eigenvalue weighted by molar-refractivity contribution is -0.136. The first-order chi connectivity index (χ1) is 35.8. The molecule has 21 heteroatoms. The standard InChI is InChI=1S/C52H66ClF5O15/c53-44-13-11-43(12-14-44)52(41-7-3-1-4-8-41,42-9-5-2-6-10-42)72-40-39-71-38-37-70-36-35-69-34-33-68-32-31-67-30-29-66-28-27-65-26-25-64-24-23-63-22-21-62-20-19-61-18-17-60-16-15-45(59)73-51-49(57)47(55)46(54)48(56)50(51)58/h1-14H,15-40H2. The third-order valence-electron chi connectivity index (χ3n) is 10.1. The minimum Gasteiger partial charge on any atom is -0.420 e. The van der Waals surface area contributed by atoms with Gasteiger partial charge in [0.05, 0.1) is 172 Å². The van der Waals surface area contributed by atoms with Crippen LogP contribution in [0.4, 0.5) is 22.0 Å². The Morgan fingerprint density at radius 2 is 0.603 bits per heavy atom. The van der Waals surface area contributed by atoms with Gasteiger partial charge in [-0.2, -0.15) is 8.78 Å². The van der Waals surface area contributed by atoms with Crippen molar-refractivity contribution in [1.29, 1.82) is 0 Å². The van der Waals surface area contributed by atoms with E-state index in [-0.39, 0.29) is 26.4 Å². The zero-order chi connectivity index (χ0) is 52.0. The summed E-state index contributed by atoms with van der Waals surface area (Å²) >= 11 is 6.25. The van der Waals surface area contributed by atoms with E-state index in [1.165, 1.54) is 0 Å². The summed E-state index contributed by atoms with van der Waals surface area (Å²) < 4.78 is 144. The van der Waals surface area contributed by atoms with Crippen molar-refractivity contribution in [3.05, 3.63) is 136 Å². The summed E-state index contributed by atoms with van der Waals surface area (Å²) in [6.07, 6.45) is -0.494. The first kappa shape index (κ1) is 61.3. The molecule has 15 nitrogen and oxygen atoms in total. The van der Waals surface area contributed by atoms with Crippen LogP contribution in [0.25, 0.3) is 0 Å². The Labute approximate surface area is 428 Å². The van der Waals surface area contributed by atoms with Gasteiger partial charge in [0, 0.05) is 5.02 Å². The third kappa shape index (κ3) is 23.9. The van der Waals surface area contributed by atoms with Crippen LogP contribution in [0.2, 0.25) is 5.02 Å². The Bertz CT molecular complexity index is 1980. The Kier molecular flexibility index (Phi) is 32.2. The highest BCUT2D eigenvalue weighted by Gasteiger charge is 2.37. The molecule has 0 fully saturated rings. The van der Waals surface area contributed by atoms with Crippen LogP contribution >= 0.6 is 11.6 Å². The van der Waals surface area contributed by atoms with Gasteiger partial charge in [0.25, 0.3) is 0 Å². The van der Waals surface area contributed by atoms with Crippen LogP contribution in [0.1, 0.15) is 23.1 Å². The fraction of sp³-hybridized carbons (Fsp3) is 0.519. The molecule has 0 aromatic heterocycles. The number of benzene rings is 4. The largest absolute Gasteiger partial charge is 0.420 e. The highest BCUT2D eigenvalue weighted by molar-refractivity contribution is 6.30. The molecular weight excluding hydrogens is 995 g/mol. The monoisotopic (exact) mass is 1060 g/mol. The van der Waals surface area contributed by atoms with Crippen LogP contribution in [-0.2, 0) is 72.0 Å². The van der Waals surface area contributed by atoms with Crippen LogP contribution in [0.15, 0.2) is 84.9 Å². The molecule has 0 heterocycles. The van der Waals surface area contributed by atoms with Gasteiger partial charge < -0.3 is 66.3 Å². The molecule has 0 atom stereocenters. The zero-order valence-electron chi connectivity index (χ0n) is 40.9. The number of ether oxygens (including phenoxy) is 14. The average Bonchev–Trinajstić information content (AvgIpc) is 3.41. The highest BCUT2D eigenvalue weighted by Crippen LogP contribution is 2.41. The van der Waals surface area contributed by atoms with E-state index in [4.69, 9.17) is 73.2 Å². The van der Waals surface area contributed by atoms with Gasteiger partial charge in [-0.1, -0.05) is 84.4 Å². The molecule has 0 amide bonds. The van der Waals surface area contributed by atoms with E-state index in [2.05, 4.69) is 29.0 Å². The lowest BCUT2D eigenvalue weighted by Gasteiger charge is -2.36. The van der Waals surface area contributed by atoms with Crippen molar-refractivity contribution in [1.82, 2.24) is 0 Å². The summed E-state index contributed by atoms with van der Waals surface area (Å²) in [6.45, 7) is 8.96. The van der Waals surface area contributed by atoms with Gasteiger partial charge in [-0.15, -0.1) is 0 Å². The van der Waals surface area contributed by atoms with E-state index in [0.29, 0.717) is 144 Å². The molecule has 0 bridgehead atoms. The van der Waals surface area contributed by atoms with E-state index in [0.717, 1.165) is 16.7 Å². The predicted octanol–water partition coefficient (Wildman–Crippen LogP) is 7.54.